The monoisotopic (exact) mass is 383 g/mol. The van der Waals surface area contributed by atoms with Crippen LogP contribution in [0.1, 0.15) is 46.0 Å². The molecule has 144 valence electrons. The summed E-state index contributed by atoms with van der Waals surface area (Å²) >= 11 is 0. The number of hydrogen-bond donors (Lipinski definition) is 2. The van der Waals surface area contributed by atoms with Crippen LogP contribution >= 0.6 is 0 Å². The Kier molecular flexibility index (Phi) is 5.98. The number of rotatable bonds is 6. The van der Waals surface area contributed by atoms with Gasteiger partial charge in [0.05, 0.1) is 24.1 Å². The molecular formula is C17H16F3N3O4. The zero-order valence-corrected chi connectivity index (χ0v) is 14.4. The molecule has 0 spiro atoms. The van der Waals surface area contributed by atoms with Gasteiger partial charge in [-0.2, -0.15) is 13.2 Å². The van der Waals surface area contributed by atoms with E-state index in [2.05, 4.69) is 15.3 Å². The number of carboxylic acids is 1. The van der Waals surface area contributed by atoms with E-state index in [1.165, 1.54) is 12.1 Å². The number of hydrogen-bond acceptors (Lipinski definition) is 5. The van der Waals surface area contributed by atoms with Gasteiger partial charge in [0.2, 0.25) is 0 Å². The maximum absolute atomic E-state index is 13.3. The van der Waals surface area contributed by atoms with Gasteiger partial charge >= 0.3 is 12.1 Å². The number of aromatic carboxylic acids is 1. The number of ether oxygens (including phenoxy) is 1. The van der Waals surface area contributed by atoms with E-state index in [0.29, 0.717) is 0 Å². The molecule has 0 saturated heterocycles. The molecule has 0 saturated carbocycles. The van der Waals surface area contributed by atoms with Crippen LogP contribution in [0.2, 0.25) is 0 Å². The number of amides is 1. The first-order valence-electron chi connectivity index (χ1n) is 7.78. The van der Waals surface area contributed by atoms with Gasteiger partial charge in [0, 0.05) is 6.54 Å². The van der Waals surface area contributed by atoms with Crippen LogP contribution in [-0.2, 0) is 12.7 Å². The van der Waals surface area contributed by atoms with Gasteiger partial charge in [0.1, 0.15) is 11.4 Å². The van der Waals surface area contributed by atoms with Gasteiger partial charge in [-0.25, -0.2) is 14.8 Å². The van der Waals surface area contributed by atoms with Gasteiger partial charge in [0.25, 0.3) is 5.91 Å². The molecule has 0 radical (unpaired) electrons. The maximum atomic E-state index is 13.3. The zero-order chi connectivity index (χ0) is 20.2. The second kappa shape index (κ2) is 8.02. The summed E-state index contributed by atoms with van der Waals surface area (Å²) in [4.78, 5) is 29.9. The van der Waals surface area contributed by atoms with Crippen LogP contribution in [0.4, 0.5) is 13.2 Å². The Balaban J connectivity index is 2.16. The Morgan fingerprint density at radius 2 is 1.81 bits per heavy atom. The number of benzene rings is 1. The predicted octanol–water partition coefficient (Wildman–Crippen LogP) is 2.91. The number of aromatic nitrogens is 2. The van der Waals surface area contributed by atoms with E-state index in [9.17, 15) is 22.8 Å². The maximum Gasteiger partial charge on any atom is 0.416 e. The summed E-state index contributed by atoms with van der Waals surface area (Å²) in [6.45, 7) is 2.98. The van der Waals surface area contributed by atoms with E-state index in [0.717, 1.165) is 18.5 Å². The third-order valence-electron chi connectivity index (χ3n) is 3.30. The molecule has 7 nitrogen and oxygen atoms in total. The summed E-state index contributed by atoms with van der Waals surface area (Å²) in [6, 6.07) is 3.49. The summed E-state index contributed by atoms with van der Waals surface area (Å²) < 4.78 is 45.1. The summed E-state index contributed by atoms with van der Waals surface area (Å²) in [5.74, 6) is -2.02. The van der Waals surface area contributed by atoms with E-state index in [1.54, 1.807) is 13.8 Å². The Bertz CT molecular complexity index is 836. The minimum Gasteiger partial charge on any atom is -0.491 e. The molecule has 1 aromatic heterocycles. The molecular weight excluding hydrogens is 367 g/mol. The summed E-state index contributed by atoms with van der Waals surface area (Å²) in [5, 5.41) is 11.0. The van der Waals surface area contributed by atoms with Crippen LogP contribution in [0, 0.1) is 0 Å². The van der Waals surface area contributed by atoms with Crippen molar-refractivity contribution < 1.29 is 32.6 Å². The molecule has 0 atom stereocenters. The first kappa shape index (κ1) is 20.1. The SMILES string of the molecule is CC(C)Oc1ccc(CNC(=O)c2cnc(C(=O)O)cn2)c(C(F)(F)F)c1. The van der Waals surface area contributed by atoms with Crippen molar-refractivity contribution >= 4 is 11.9 Å². The summed E-state index contributed by atoms with van der Waals surface area (Å²) in [7, 11) is 0. The number of carboxylic acid groups (broad SMARTS) is 1. The molecule has 0 aliphatic heterocycles. The predicted molar refractivity (Wildman–Crippen MR) is 87.4 cm³/mol. The molecule has 1 heterocycles. The van der Waals surface area contributed by atoms with Crippen molar-refractivity contribution in [3.63, 3.8) is 0 Å². The van der Waals surface area contributed by atoms with Crippen molar-refractivity contribution in [2.24, 2.45) is 0 Å². The highest BCUT2D eigenvalue weighted by molar-refractivity contribution is 5.92. The molecule has 27 heavy (non-hydrogen) atoms. The van der Waals surface area contributed by atoms with Crippen LogP contribution in [0.15, 0.2) is 30.6 Å². The van der Waals surface area contributed by atoms with Crippen LogP contribution in [0.5, 0.6) is 5.75 Å². The quantitative estimate of drug-likeness (QED) is 0.795. The summed E-state index contributed by atoms with van der Waals surface area (Å²) in [5.41, 5.74) is -1.64. The van der Waals surface area contributed by atoms with Crippen molar-refractivity contribution in [3.05, 3.63) is 53.1 Å². The second-order valence-corrected chi connectivity index (χ2v) is 5.76. The third kappa shape index (κ3) is 5.40. The van der Waals surface area contributed by atoms with Crippen molar-refractivity contribution in [3.8, 4) is 5.75 Å². The number of alkyl halides is 3. The molecule has 1 aromatic carbocycles. The van der Waals surface area contributed by atoms with Crippen molar-refractivity contribution in [1.29, 1.82) is 0 Å². The zero-order valence-electron chi connectivity index (χ0n) is 14.4. The number of nitrogens with one attached hydrogen (secondary N) is 1. The van der Waals surface area contributed by atoms with E-state index < -0.39 is 30.2 Å². The third-order valence-corrected chi connectivity index (χ3v) is 3.30. The molecule has 2 aromatic rings. The Morgan fingerprint density at radius 1 is 1.19 bits per heavy atom. The number of halogens is 3. The van der Waals surface area contributed by atoms with E-state index in [1.807, 2.05) is 0 Å². The highest BCUT2D eigenvalue weighted by Crippen LogP contribution is 2.34. The number of carbonyl (C=O) groups is 2. The molecule has 2 rings (SSSR count). The van der Waals surface area contributed by atoms with Gasteiger partial charge in [-0.15, -0.1) is 0 Å². The van der Waals surface area contributed by atoms with E-state index >= 15 is 0 Å². The molecule has 0 bridgehead atoms. The van der Waals surface area contributed by atoms with Crippen LogP contribution in [-0.4, -0.2) is 33.1 Å². The van der Waals surface area contributed by atoms with E-state index in [4.69, 9.17) is 9.84 Å². The average Bonchev–Trinajstić information content (AvgIpc) is 2.59. The normalized spacial score (nSPS) is 11.3. The van der Waals surface area contributed by atoms with Crippen molar-refractivity contribution in [2.75, 3.05) is 0 Å². The minimum absolute atomic E-state index is 0.0718. The number of carbonyl (C=O) groups excluding carboxylic acids is 1. The van der Waals surface area contributed by atoms with Gasteiger partial charge in [0.15, 0.2) is 5.69 Å². The van der Waals surface area contributed by atoms with Gasteiger partial charge in [-0.05, 0) is 31.5 Å². The fourth-order valence-corrected chi connectivity index (χ4v) is 2.14. The molecule has 2 N–H and O–H groups in total. The summed E-state index contributed by atoms with van der Waals surface area (Å²) in [6.07, 6.45) is -3.09. The van der Waals surface area contributed by atoms with Gasteiger partial charge in [-0.1, -0.05) is 6.07 Å². The Hall–Kier alpha value is -3.17. The number of nitrogens with zero attached hydrogens (tertiary/aromatic N) is 2. The first-order valence-corrected chi connectivity index (χ1v) is 7.78. The minimum atomic E-state index is -4.63. The highest BCUT2D eigenvalue weighted by atomic mass is 19.4. The van der Waals surface area contributed by atoms with E-state index in [-0.39, 0.29) is 28.8 Å². The van der Waals surface area contributed by atoms with Crippen LogP contribution in [0.3, 0.4) is 0 Å². The molecule has 10 heteroatoms. The van der Waals surface area contributed by atoms with Crippen molar-refractivity contribution in [1.82, 2.24) is 15.3 Å². The lowest BCUT2D eigenvalue weighted by Gasteiger charge is -2.16. The second-order valence-electron chi connectivity index (χ2n) is 5.76. The first-order chi connectivity index (χ1) is 12.6. The standard InChI is InChI=1S/C17H16F3N3O4/c1-9(2)27-11-4-3-10(12(5-11)17(18,19)20)6-23-15(24)13-7-22-14(8-21-13)16(25)26/h3-5,7-9H,6H2,1-2H3,(H,23,24)(H,25,26). The smallest absolute Gasteiger partial charge is 0.416 e. The van der Waals surface area contributed by atoms with Gasteiger partial charge in [-0.3, -0.25) is 4.79 Å². The van der Waals surface area contributed by atoms with Crippen LogP contribution < -0.4 is 10.1 Å². The lowest BCUT2D eigenvalue weighted by Crippen LogP contribution is -2.26. The Labute approximate surface area is 152 Å². The molecule has 0 fully saturated rings. The largest absolute Gasteiger partial charge is 0.491 e. The molecule has 0 aliphatic rings. The van der Waals surface area contributed by atoms with Crippen LogP contribution in [0.25, 0.3) is 0 Å². The average molecular weight is 383 g/mol. The topological polar surface area (TPSA) is 101 Å². The lowest BCUT2D eigenvalue weighted by atomic mass is 10.1. The van der Waals surface area contributed by atoms with Crippen molar-refractivity contribution in [2.45, 2.75) is 32.7 Å². The molecule has 1 amide bonds. The highest BCUT2D eigenvalue weighted by Gasteiger charge is 2.34. The molecule has 0 unspecified atom stereocenters. The Morgan fingerprint density at radius 3 is 2.33 bits per heavy atom. The fraction of sp³-hybridized carbons (Fsp3) is 0.294. The fourth-order valence-electron chi connectivity index (χ4n) is 2.14. The lowest BCUT2D eigenvalue weighted by molar-refractivity contribution is -0.138. The van der Waals surface area contributed by atoms with Gasteiger partial charge < -0.3 is 15.2 Å². The molecule has 0 aliphatic carbocycles.